The molecule has 2 aliphatic heterocycles. The first-order chi connectivity index (χ1) is 10.8. The lowest BCUT2D eigenvalue weighted by Crippen LogP contribution is -2.62. The lowest BCUT2D eigenvalue weighted by molar-refractivity contribution is 0.0394. The van der Waals surface area contributed by atoms with Gasteiger partial charge in [-0.15, -0.1) is 0 Å². The van der Waals surface area contributed by atoms with Crippen molar-refractivity contribution in [2.75, 3.05) is 11.9 Å². The van der Waals surface area contributed by atoms with Crippen LogP contribution in [0.15, 0.2) is 23.3 Å². The number of fused-ring (bicyclic) bond motifs is 3. The van der Waals surface area contributed by atoms with E-state index in [1.54, 1.807) is 0 Å². The molecule has 22 heavy (non-hydrogen) atoms. The van der Waals surface area contributed by atoms with Gasteiger partial charge in [0.2, 0.25) is 0 Å². The maximum atomic E-state index is 4.69. The van der Waals surface area contributed by atoms with Crippen molar-refractivity contribution >= 4 is 11.5 Å². The first kappa shape index (κ1) is 12.8. The Morgan fingerprint density at radius 2 is 2.05 bits per heavy atom. The molecule has 1 atom stereocenters. The fourth-order valence-electron chi connectivity index (χ4n) is 4.95. The second kappa shape index (κ2) is 4.64. The Morgan fingerprint density at radius 3 is 2.86 bits per heavy atom. The molecule has 0 aromatic heterocycles. The number of rotatable bonds is 1. The zero-order chi connectivity index (χ0) is 14.6. The van der Waals surface area contributed by atoms with Gasteiger partial charge < -0.3 is 10.6 Å². The standard InChI is InChI=1S/C18H24N4/c1-2-13-10-14(5-8-16(13)19-9-1)17-20-18(22-21-17)11-12-3-6-15(18)7-4-12/h5,8,10,12,15,19,22H,1-4,6-7,9,11H2,(H,20,21)/t12?,15?,18-/m0/s1. The van der Waals surface area contributed by atoms with Crippen LogP contribution in [0.4, 0.5) is 5.69 Å². The van der Waals surface area contributed by atoms with E-state index in [9.17, 15) is 0 Å². The van der Waals surface area contributed by atoms with Crippen molar-refractivity contribution in [2.24, 2.45) is 16.9 Å². The van der Waals surface area contributed by atoms with E-state index in [2.05, 4.69) is 39.4 Å². The van der Waals surface area contributed by atoms with Crippen LogP contribution in [-0.4, -0.2) is 18.0 Å². The highest BCUT2D eigenvalue weighted by atomic mass is 15.5. The van der Waals surface area contributed by atoms with Crippen LogP contribution in [0, 0.1) is 11.8 Å². The molecule has 116 valence electrons. The van der Waals surface area contributed by atoms with Gasteiger partial charge in [-0.3, -0.25) is 5.43 Å². The summed E-state index contributed by atoms with van der Waals surface area (Å²) in [6, 6.07) is 6.73. The van der Waals surface area contributed by atoms with Crippen molar-refractivity contribution in [3.63, 3.8) is 0 Å². The summed E-state index contributed by atoms with van der Waals surface area (Å²) >= 11 is 0. The SMILES string of the molecule is c1cc2c(cc1C1=NN[C@]3(CC4CCC3CC4)N1)CCCN2. The summed E-state index contributed by atoms with van der Waals surface area (Å²) < 4.78 is 0. The number of hydrogen-bond donors (Lipinski definition) is 3. The zero-order valence-corrected chi connectivity index (χ0v) is 13.0. The van der Waals surface area contributed by atoms with Gasteiger partial charge in [0.05, 0.1) is 0 Å². The van der Waals surface area contributed by atoms with Crippen LogP contribution in [0.5, 0.6) is 0 Å². The molecular formula is C18H24N4. The molecule has 0 amide bonds. The van der Waals surface area contributed by atoms with Crippen molar-refractivity contribution in [1.29, 1.82) is 0 Å². The average molecular weight is 296 g/mol. The molecule has 1 aromatic rings. The van der Waals surface area contributed by atoms with Crippen molar-refractivity contribution in [3.8, 4) is 0 Å². The third kappa shape index (κ3) is 1.86. The number of anilines is 1. The number of hydrazone groups is 1. The first-order valence-corrected chi connectivity index (χ1v) is 8.83. The van der Waals surface area contributed by atoms with Crippen LogP contribution in [0.2, 0.25) is 0 Å². The van der Waals surface area contributed by atoms with Gasteiger partial charge >= 0.3 is 0 Å². The van der Waals surface area contributed by atoms with Crippen LogP contribution in [0.1, 0.15) is 49.7 Å². The van der Waals surface area contributed by atoms with Gasteiger partial charge in [0.25, 0.3) is 0 Å². The Kier molecular flexibility index (Phi) is 2.70. The highest BCUT2D eigenvalue weighted by Gasteiger charge is 2.50. The molecule has 1 spiro atoms. The summed E-state index contributed by atoms with van der Waals surface area (Å²) in [6.45, 7) is 1.10. The van der Waals surface area contributed by atoms with Crippen molar-refractivity contribution in [2.45, 2.75) is 50.6 Å². The fourth-order valence-corrected chi connectivity index (χ4v) is 4.95. The summed E-state index contributed by atoms with van der Waals surface area (Å²) in [6.07, 6.45) is 9.15. The molecule has 0 radical (unpaired) electrons. The van der Waals surface area contributed by atoms with Gasteiger partial charge in [-0.2, -0.15) is 5.10 Å². The molecule has 3 saturated carbocycles. The predicted molar refractivity (Wildman–Crippen MR) is 88.9 cm³/mol. The second-order valence-corrected chi connectivity index (χ2v) is 7.49. The molecule has 5 aliphatic rings. The van der Waals surface area contributed by atoms with E-state index < -0.39 is 0 Å². The minimum Gasteiger partial charge on any atom is -0.385 e. The van der Waals surface area contributed by atoms with Crippen molar-refractivity contribution in [1.82, 2.24) is 10.7 Å². The van der Waals surface area contributed by atoms with Gasteiger partial charge in [-0.25, -0.2) is 0 Å². The van der Waals surface area contributed by atoms with E-state index in [1.165, 1.54) is 61.8 Å². The molecule has 4 nitrogen and oxygen atoms in total. The number of nitrogens with one attached hydrogen (secondary N) is 3. The zero-order valence-electron chi connectivity index (χ0n) is 13.0. The molecule has 3 N–H and O–H groups in total. The van der Waals surface area contributed by atoms with E-state index in [0.717, 1.165) is 24.2 Å². The number of amidine groups is 1. The fraction of sp³-hybridized carbons (Fsp3) is 0.611. The number of aryl methyl sites for hydroxylation is 1. The van der Waals surface area contributed by atoms with E-state index in [-0.39, 0.29) is 5.66 Å². The highest BCUT2D eigenvalue weighted by molar-refractivity contribution is 6.00. The second-order valence-electron chi connectivity index (χ2n) is 7.49. The molecular weight excluding hydrogens is 272 g/mol. The summed E-state index contributed by atoms with van der Waals surface area (Å²) in [5, 5.41) is 11.9. The minimum atomic E-state index is 0.0463. The van der Waals surface area contributed by atoms with Crippen molar-refractivity contribution in [3.05, 3.63) is 29.3 Å². The molecule has 6 rings (SSSR count). The molecule has 4 heteroatoms. The van der Waals surface area contributed by atoms with Crippen LogP contribution in [-0.2, 0) is 6.42 Å². The van der Waals surface area contributed by atoms with Crippen LogP contribution >= 0.6 is 0 Å². The van der Waals surface area contributed by atoms with E-state index in [1.807, 2.05) is 0 Å². The largest absolute Gasteiger partial charge is 0.385 e. The molecule has 1 aromatic carbocycles. The summed E-state index contributed by atoms with van der Waals surface area (Å²) in [5.74, 6) is 2.66. The normalized spacial score (nSPS) is 35.4. The maximum absolute atomic E-state index is 4.69. The Morgan fingerprint density at radius 1 is 1.14 bits per heavy atom. The van der Waals surface area contributed by atoms with E-state index >= 15 is 0 Å². The minimum absolute atomic E-state index is 0.0463. The highest BCUT2D eigenvalue weighted by Crippen LogP contribution is 2.47. The van der Waals surface area contributed by atoms with Crippen LogP contribution in [0.3, 0.4) is 0 Å². The Hall–Kier alpha value is -1.71. The summed E-state index contributed by atoms with van der Waals surface area (Å²) in [5.41, 5.74) is 7.50. The number of benzene rings is 1. The summed E-state index contributed by atoms with van der Waals surface area (Å²) in [7, 11) is 0. The molecule has 3 fully saturated rings. The van der Waals surface area contributed by atoms with Gasteiger partial charge in [0.15, 0.2) is 5.84 Å². The molecule has 0 unspecified atom stereocenters. The first-order valence-electron chi connectivity index (χ1n) is 8.83. The molecule has 3 aliphatic carbocycles. The van der Waals surface area contributed by atoms with Gasteiger partial charge in [-0.05, 0) is 74.6 Å². The van der Waals surface area contributed by atoms with Crippen molar-refractivity contribution < 1.29 is 0 Å². The molecule has 0 saturated heterocycles. The number of nitrogens with zero attached hydrogens (tertiary/aromatic N) is 1. The van der Waals surface area contributed by atoms with E-state index in [4.69, 9.17) is 0 Å². The third-order valence-electron chi connectivity index (χ3n) is 6.18. The average Bonchev–Trinajstić information content (AvgIpc) is 2.99. The van der Waals surface area contributed by atoms with Gasteiger partial charge in [0.1, 0.15) is 5.66 Å². The monoisotopic (exact) mass is 296 g/mol. The van der Waals surface area contributed by atoms with Crippen LogP contribution < -0.4 is 16.1 Å². The quantitative estimate of drug-likeness (QED) is 0.747. The lowest BCUT2D eigenvalue weighted by atomic mass is 9.64. The molecule has 2 heterocycles. The Balaban J connectivity index is 1.41. The third-order valence-corrected chi connectivity index (χ3v) is 6.18. The van der Waals surface area contributed by atoms with Gasteiger partial charge in [-0.1, -0.05) is 0 Å². The smallest absolute Gasteiger partial charge is 0.155 e. The Labute approximate surface area is 131 Å². The van der Waals surface area contributed by atoms with Gasteiger partial charge in [0, 0.05) is 23.7 Å². The molecule has 2 bridgehead atoms. The Bertz CT molecular complexity index is 630. The summed E-state index contributed by atoms with van der Waals surface area (Å²) in [4.78, 5) is 0. The topological polar surface area (TPSA) is 48.5 Å². The lowest BCUT2D eigenvalue weighted by Gasteiger charge is -2.49. The number of hydrogen-bond acceptors (Lipinski definition) is 4. The maximum Gasteiger partial charge on any atom is 0.155 e. The van der Waals surface area contributed by atoms with E-state index in [0.29, 0.717) is 0 Å². The predicted octanol–water partition coefficient (Wildman–Crippen LogP) is 2.81. The van der Waals surface area contributed by atoms with Crippen LogP contribution in [0.25, 0.3) is 0 Å².